The molecule has 1 heterocycles. The first-order valence-electron chi connectivity index (χ1n) is 7.20. The first-order valence-corrected chi connectivity index (χ1v) is 8.46. The van der Waals surface area contributed by atoms with Crippen LogP contribution in [0.4, 0.5) is 5.69 Å². The summed E-state index contributed by atoms with van der Waals surface area (Å²) in [5, 5.41) is 5.86. The summed E-state index contributed by atoms with van der Waals surface area (Å²) >= 11 is 6.68. The van der Waals surface area contributed by atoms with Gasteiger partial charge in [-0.1, -0.05) is 48.5 Å². The molecule has 0 saturated carbocycles. The Morgan fingerprint density at radius 1 is 0.909 bits per heavy atom. The molecule has 0 bridgehead atoms. The van der Waals surface area contributed by atoms with E-state index in [9.17, 15) is 0 Å². The summed E-state index contributed by atoms with van der Waals surface area (Å²) in [5.74, 6) is 0. The van der Waals surface area contributed by atoms with E-state index in [2.05, 4.69) is 59.9 Å². The second-order valence-electron chi connectivity index (χ2n) is 5.24. The minimum Gasteiger partial charge on any atom is -0.387 e. The number of nitrogens with one attached hydrogen (secondary N) is 1. The summed E-state index contributed by atoms with van der Waals surface area (Å²) in [6, 6.07) is 21.3. The summed E-state index contributed by atoms with van der Waals surface area (Å²) in [5.41, 5.74) is 3.50. The molecule has 0 atom stereocenters. The minimum absolute atomic E-state index is 1.02. The van der Waals surface area contributed by atoms with Crippen LogP contribution < -0.4 is 5.32 Å². The lowest BCUT2D eigenvalue weighted by atomic mass is 10.0. The van der Waals surface area contributed by atoms with E-state index in [1.165, 1.54) is 31.3 Å². The van der Waals surface area contributed by atoms with Crippen LogP contribution in [0.25, 0.3) is 31.3 Å². The first-order chi connectivity index (χ1) is 10.8. The van der Waals surface area contributed by atoms with Crippen LogP contribution in [0, 0.1) is 0 Å². The summed E-state index contributed by atoms with van der Waals surface area (Å²) in [6.45, 7) is 0. The number of rotatable bonds is 2. The summed E-state index contributed by atoms with van der Waals surface area (Å²) in [7, 11) is 1.96. The molecule has 0 radical (unpaired) electrons. The number of hydrogen-bond donors (Lipinski definition) is 2. The average Bonchev–Trinajstić information content (AvgIpc) is 2.94. The van der Waals surface area contributed by atoms with Crippen LogP contribution in [0.5, 0.6) is 0 Å². The number of fused-ring (bicyclic) bond motifs is 3. The standard InChI is InChI=1S/C19H15NS2/c1-20-18-14(12-7-3-2-4-8-12)11-16-17(19(18)21)13-9-5-6-10-15(13)22-16/h2-11,20-21H,1H3. The lowest BCUT2D eigenvalue weighted by Crippen LogP contribution is -1.94. The topological polar surface area (TPSA) is 12.0 Å². The van der Waals surface area contributed by atoms with Crippen LogP contribution in [0.1, 0.15) is 0 Å². The van der Waals surface area contributed by atoms with Gasteiger partial charge in [-0.3, -0.25) is 0 Å². The molecule has 0 amide bonds. The van der Waals surface area contributed by atoms with Crippen LogP contribution in [-0.4, -0.2) is 7.05 Å². The molecule has 4 aromatic rings. The van der Waals surface area contributed by atoms with E-state index < -0.39 is 0 Å². The Hall–Kier alpha value is -1.97. The molecule has 22 heavy (non-hydrogen) atoms. The highest BCUT2D eigenvalue weighted by molar-refractivity contribution is 7.80. The Labute approximate surface area is 139 Å². The van der Waals surface area contributed by atoms with Gasteiger partial charge >= 0.3 is 0 Å². The number of benzene rings is 3. The van der Waals surface area contributed by atoms with Gasteiger partial charge in [-0.15, -0.1) is 24.0 Å². The Balaban J connectivity index is 2.13. The van der Waals surface area contributed by atoms with Crippen LogP contribution in [-0.2, 0) is 0 Å². The second-order valence-corrected chi connectivity index (χ2v) is 6.77. The van der Waals surface area contributed by atoms with Gasteiger partial charge in [0.1, 0.15) is 0 Å². The highest BCUT2D eigenvalue weighted by atomic mass is 32.1. The third-order valence-electron chi connectivity index (χ3n) is 3.98. The molecule has 1 N–H and O–H groups in total. The summed E-state index contributed by atoms with van der Waals surface area (Å²) < 4.78 is 2.59. The summed E-state index contributed by atoms with van der Waals surface area (Å²) in [4.78, 5) is 1.02. The predicted molar refractivity (Wildman–Crippen MR) is 102 cm³/mol. The average molecular weight is 321 g/mol. The highest BCUT2D eigenvalue weighted by Gasteiger charge is 2.15. The summed E-state index contributed by atoms with van der Waals surface area (Å²) in [6.07, 6.45) is 0. The maximum atomic E-state index is 4.85. The molecule has 0 aliphatic heterocycles. The maximum Gasteiger partial charge on any atom is 0.0560 e. The molecule has 3 heteroatoms. The van der Waals surface area contributed by atoms with Crippen LogP contribution in [0.3, 0.4) is 0 Å². The normalized spacial score (nSPS) is 11.2. The molecule has 0 aliphatic rings. The van der Waals surface area contributed by atoms with E-state index in [4.69, 9.17) is 12.6 Å². The van der Waals surface area contributed by atoms with Crippen molar-refractivity contribution in [2.24, 2.45) is 0 Å². The van der Waals surface area contributed by atoms with Crippen molar-refractivity contribution in [2.75, 3.05) is 12.4 Å². The molecule has 1 aromatic heterocycles. The number of hydrogen-bond acceptors (Lipinski definition) is 3. The third kappa shape index (κ3) is 2.01. The SMILES string of the molecule is CNc1c(-c2ccccc2)cc2sc3ccccc3c2c1S. The van der Waals surface area contributed by atoms with Crippen molar-refractivity contribution in [3.63, 3.8) is 0 Å². The Kier molecular flexibility index (Phi) is 3.32. The van der Waals surface area contributed by atoms with E-state index in [1.54, 1.807) is 0 Å². The zero-order chi connectivity index (χ0) is 15.1. The van der Waals surface area contributed by atoms with Gasteiger partial charge in [0.2, 0.25) is 0 Å². The highest BCUT2D eigenvalue weighted by Crippen LogP contribution is 2.44. The molecule has 0 fully saturated rings. The van der Waals surface area contributed by atoms with Gasteiger partial charge in [-0.25, -0.2) is 0 Å². The van der Waals surface area contributed by atoms with Crippen molar-refractivity contribution in [3.05, 3.63) is 60.7 Å². The van der Waals surface area contributed by atoms with Crippen molar-refractivity contribution in [2.45, 2.75) is 4.90 Å². The number of thiophene rings is 1. The van der Waals surface area contributed by atoms with Crippen molar-refractivity contribution in [1.82, 2.24) is 0 Å². The van der Waals surface area contributed by atoms with E-state index in [1.807, 2.05) is 24.5 Å². The zero-order valence-corrected chi connectivity index (χ0v) is 13.8. The molecule has 1 nitrogen and oxygen atoms in total. The van der Waals surface area contributed by atoms with Crippen LogP contribution in [0.2, 0.25) is 0 Å². The van der Waals surface area contributed by atoms with Gasteiger partial charge in [0.05, 0.1) is 5.69 Å². The first kappa shape index (κ1) is 13.7. The Morgan fingerprint density at radius 2 is 1.64 bits per heavy atom. The molecule has 0 unspecified atom stereocenters. The monoisotopic (exact) mass is 321 g/mol. The van der Waals surface area contributed by atoms with Crippen molar-refractivity contribution in [1.29, 1.82) is 0 Å². The fourth-order valence-corrected chi connectivity index (χ4v) is 4.67. The molecule has 108 valence electrons. The fraction of sp³-hybridized carbons (Fsp3) is 0.0526. The predicted octanol–water partition coefficient (Wildman–Crippen LogP) is 6.05. The van der Waals surface area contributed by atoms with Gasteiger partial charge in [0.15, 0.2) is 0 Å². The molecule has 0 spiro atoms. The van der Waals surface area contributed by atoms with Gasteiger partial charge in [-0.2, -0.15) is 0 Å². The van der Waals surface area contributed by atoms with E-state index in [-0.39, 0.29) is 0 Å². The van der Waals surface area contributed by atoms with Crippen LogP contribution >= 0.6 is 24.0 Å². The molecule has 0 saturated heterocycles. The van der Waals surface area contributed by atoms with E-state index in [0.717, 1.165) is 10.6 Å². The smallest absolute Gasteiger partial charge is 0.0560 e. The van der Waals surface area contributed by atoms with E-state index in [0.29, 0.717) is 0 Å². The molecular weight excluding hydrogens is 306 g/mol. The number of anilines is 1. The van der Waals surface area contributed by atoms with Crippen LogP contribution in [0.15, 0.2) is 65.6 Å². The molecule has 3 aromatic carbocycles. The minimum atomic E-state index is 1.02. The quantitative estimate of drug-likeness (QED) is 0.428. The van der Waals surface area contributed by atoms with Gasteiger partial charge < -0.3 is 5.32 Å². The van der Waals surface area contributed by atoms with Crippen molar-refractivity contribution >= 4 is 49.8 Å². The zero-order valence-electron chi connectivity index (χ0n) is 12.1. The van der Waals surface area contributed by atoms with Gasteiger partial charge in [-0.05, 0) is 17.7 Å². The van der Waals surface area contributed by atoms with Gasteiger partial charge in [0.25, 0.3) is 0 Å². The molecule has 4 rings (SSSR count). The van der Waals surface area contributed by atoms with Crippen molar-refractivity contribution < 1.29 is 0 Å². The second kappa shape index (κ2) is 5.34. The maximum absolute atomic E-state index is 4.85. The number of thiol groups is 1. The third-order valence-corrected chi connectivity index (χ3v) is 5.54. The fourth-order valence-electron chi connectivity index (χ4n) is 2.96. The Morgan fingerprint density at radius 3 is 2.41 bits per heavy atom. The molecule has 0 aliphatic carbocycles. The largest absolute Gasteiger partial charge is 0.387 e. The lowest BCUT2D eigenvalue weighted by Gasteiger charge is -2.13. The Bertz CT molecular complexity index is 971. The van der Waals surface area contributed by atoms with Crippen molar-refractivity contribution in [3.8, 4) is 11.1 Å². The lowest BCUT2D eigenvalue weighted by molar-refractivity contribution is 1.44. The van der Waals surface area contributed by atoms with E-state index >= 15 is 0 Å². The molecular formula is C19H15NS2. The van der Waals surface area contributed by atoms with Gasteiger partial charge in [0, 0.05) is 37.7 Å².